The van der Waals surface area contributed by atoms with Gasteiger partial charge in [-0.1, -0.05) is 23.8 Å². The third-order valence-corrected chi connectivity index (χ3v) is 3.63. The molecule has 2 aromatic rings. The molecule has 0 radical (unpaired) electrons. The highest BCUT2D eigenvalue weighted by Gasteiger charge is 2.32. The molecule has 4 heteroatoms. The van der Waals surface area contributed by atoms with E-state index in [1.807, 2.05) is 54.4 Å². The zero-order chi connectivity index (χ0) is 14.7. The molecule has 2 amide bonds. The molecule has 1 fully saturated rings. The van der Waals surface area contributed by atoms with E-state index >= 15 is 0 Å². The summed E-state index contributed by atoms with van der Waals surface area (Å²) in [7, 11) is 0. The summed E-state index contributed by atoms with van der Waals surface area (Å²) in [6.07, 6.45) is 5.73. The number of nitrogens with one attached hydrogen (secondary N) is 1. The number of aryl methyl sites for hydroxylation is 1. The maximum Gasteiger partial charge on any atom is 0.322 e. The van der Waals surface area contributed by atoms with Crippen molar-refractivity contribution in [2.75, 3.05) is 5.32 Å². The number of anilines is 1. The Morgan fingerprint density at radius 2 is 2.05 bits per heavy atom. The van der Waals surface area contributed by atoms with E-state index in [0.29, 0.717) is 12.6 Å². The number of rotatable bonds is 4. The lowest BCUT2D eigenvalue weighted by atomic mass is 10.2. The zero-order valence-corrected chi connectivity index (χ0v) is 12.1. The Balaban J connectivity index is 1.69. The van der Waals surface area contributed by atoms with Crippen LogP contribution in [0.5, 0.6) is 0 Å². The largest absolute Gasteiger partial charge is 0.322 e. The second-order valence-electron chi connectivity index (χ2n) is 5.52. The van der Waals surface area contributed by atoms with Gasteiger partial charge in [-0.2, -0.15) is 0 Å². The van der Waals surface area contributed by atoms with E-state index in [0.717, 1.165) is 24.1 Å². The van der Waals surface area contributed by atoms with Gasteiger partial charge in [0.25, 0.3) is 0 Å². The van der Waals surface area contributed by atoms with E-state index in [4.69, 9.17) is 0 Å². The Morgan fingerprint density at radius 3 is 2.67 bits per heavy atom. The maximum absolute atomic E-state index is 12.5. The van der Waals surface area contributed by atoms with Gasteiger partial charge in [-0.25, -0.2) is 4.79 Å². The summed E-state index contributed by atoms with van der Waals surface area (Å²) in [4.78, 5) is 18.5. The number of urea groups is 1. The average molecular weight is 281 g/mol. The van der Waals surface area contributed by atoms with Crippen molar-refractivity contribution in [1.82, 2.24) is 9.88 Å². The molecule has 3 rings (SSSR count). The van der Waals surface area contributed by atoms with Crippen molar-refractivity contribution in [2.24, 2.45) is 0 Å². The van der Waals surface area contributed by atoms with Crippen LogP contribution in [0.25, 0.3) is 0 Å². The molecule has 1 aromatic heterocycles. The minimum absolute atomic E-state index is 0.0368. The normalized spacial score (nSPS) is 13.8. The quantitative estimate of drug-likeness (QED) is 0.931. The highest BCUT2D eigenvalue weighted by molar-refractivity contribution is 5.89. The van der Waals surface area contributed by atoms with Crippen molar-refractivity contribution in [3.8, 4) is 0 Å². The van der Waals surface area contributed by atoms with Crippen LogP contribution in [0.15, 0.2) is 48.8 Å². The molecule has 1 aliphatic carbocycles. The number of hydrogen-bond donors (Lipinski definition) is 1. The van der Waals surface area contributed by atoms with Crippen molar-refractivity contribution in [2.45, 2.75) is 32.4 Å². The molecule has 0 unspecified atom stereocenters. The lowest BCUT2D eigenvalue weighted by molar-refractivity contribution is 0.206. The molecule has 0 saturated heterocycles. The Morgan fingerprint density at radius 1 is 1.29 bits per heavy atom. The Labute approximate surface area is 124 Å². The van der Waals surface area contributed by atoms with Crippen LogP contribution in [0.3, 0.4) is 0 Å². The molecule has 1 aliphatic rings. The third kappa shape index (κ3) is 3.60. The number of amides is 2. The molecule has 0 spiro atoms. The predicted octanol–water partition coefficient (Wildman–Crippen LogP) is 3.59. The predicted molar refractivity (Wildman–Crippen MR) is 83.0 cm³/mol. The first-order valence-corrected chi connectivity index (χ1v) is 7.25. The van der Waals surface area contributed by atoms with Crippen molar-refractivity contribution in [3.63, 3.8) is 0 Å². The highest BCUT2D eigenvalue weighted by Crippen LogP contribution is 2.29. The third-order valence-electron chi connectivity index (χ3n) is 3.63. The van der Waals surface area contributed by atoms with E-state index in [9.17, 15) is 4.79 Å². The minimum atomic E-state index is -0.0368. The van der Waals surface area contributed by atoms with Crippen LogP contribution in [0.1, 0.15) is 24.0 Å². The summed E-state index contributed by atoms with van der Waals surface area (Å²) < 4.78 is 0. The molecular weight excluding hydrogens is 262 g/mol. The van der Waals surface area contributed by atoms with E-state index in [2.05, 4.69) is 10.3 Å². The van der Waals surface area contributed by atoms with Crippen molar-refractivity contribution in [3.05, 3.63) is 59.9 Å². The summed E-state index contributed by atoms with van der Waals surface area (Å²) in [6.45, 7) is 2.64. The van der Waals surface area contributed by atoms with Crippen LogP contribution in [-0.2, 0) is 6.54 Å². The first kappa shape index (κ1) is 13.6. The molecule has 108 valence electrons. The van der Waals surface area contributed by atoms with Crippen LogP contribution in [0.2, 0.25) is 0 Å². The average Bonchev–Trinajstić information content (AvgIpc) is 3.33. The van der Waals surface area contributed by atoms with Gasteiger partial charge in [0.05, 0.1) is 0 Å². The summed E-state index contributed by atoms with van der Waals surface area (Å²) in [5.74, 6) is 0. The fourth-order valence-corrected chi connectivity index (χ4v) is 2.27. The van der Waals surface area contributed by atoms with Gasteiger partial charge in [-0.05, 0) is 43.5 Å². The number of nitrogens with zero attached hydrogens (tertiary/aromatic N) is 2. The second kappa shape index (κ2) is 5.95. The van der Waals surface area contributed by atoms with Gasteiger partial charge in [0, 0.05) is 30.7 Å². The van der Waals surface area contributed by atoms with Crippen molar-refractivity contribution in [1.29, 1.82) is 0 Å². The fraction of sp³-hybridized carbons (Fsp3) is 0.294. The lowest BCUT2D eigenvalue weighted by Gasteiger charge is -2.23. The Bertz CT molecular complexity index is 606. The molecule has 1 N–H and O–H groups in total. The Hall–Kier alpha value is -2.36. The fourth-order valence-electron chi connectivity index (χ4n) is 2.27. The van der Waals surface area contributed by atoms with Crippen LogP contribution < -0.4 is 5.32 Å². The molecule has 1 saturated carbocycles. The van der Waals surface area contributed by atoms with Gasteiger partial charge in [0.2, 0.25) is 0 Å². The van der Waals surface area contributed by atoms with Crippen molar-refractivity contribution < 1.29 is 4.79 Å². The van der Waals surface area contributed by atoms with Crippen LogP contribution in [-0.4, -0.2) is 22.0 Å². The summed E-state index contributed by atoms with van der Waals surface area (Å²) in [6, 6.07) is 12.1. The van der Waals surface area contributed by atoms with Crippen LogP contribution in [0.4, 0.5) is 10.5 Å². The lowest BCUT2D eigenvalue weighted by Crippen LogP contribution is -2.36. The number of hydrogen-bond acceptors (Lipinski definition) is 2. The van der Waals surface area contributed by atoms with E-state index in [1.165, 1.54) is 5.56 Å². The number of benzene rings is 1. The Kier molecular flexibility index (Phi) is 3.86. The van der Waals surface area contributed by atoms with Gasteiger partial charge >= 0.3 is 6.03 Å². The van der Waals surface area contributed by atoms with Gasteiger partial charge in [0.15, 0.2) is 0 Å². The number of aromatic nitrogens is 1. The molecule has 0 atom stereocenters. The van der Waals surface area contributed by atoms with Gasteiger partial charge < -0.3 is 10.2 Å². The van der Waals surface area contributed by atoms with E-state index in [-0.39, 0.29) is 6.03 Å². The molecule has 21 heavy (non-hydrogen) atoms. The topological polar surface area (TPSA) is 45.2 Å². The second-order valence-corrected chi connectivity index (χ2v) is 5.52. The smallest absolute Gasteiger partial charge is 0.317 e. The van der Waals surface area contributed by atoms with E-state index in [1.54, 1.807) is 6.20 Å². The number of pyridine rings is 1. The van der Waals surface area contributed by atoms with Crippen LogP contribution in [0, 0.1) is 6.92 Å². The zero-order valence-electron chi connectivity index (χ0n) is 12.1. The maximum atomic E-state index is 12.5. The summed E-state index contributed by atoms with van der Waals surface area (Å²) >= 11 is 0. The first-order chi connectivity index (χ1) is 10.2. The highest BCUT2D eigenvalue weighted by atomic mass is 16.2. The van der Waals surface area contributed by atoms with Gasteiger partial charge in [-0.3, -0.25) is 4.98 Å². The monoisotopic (exact) mass is 281 g/mol. The van der Waals surface area contributed by atoms with Gasteiger partial charge in [0.1, 0.15) is 0 Å². The standard InChI is InChI=1S/C17H19N3O/c1-13-4-6-15(7-5-13)19-17(21)20(16-8-9-16)12-14-3-2-10-18-11-14/h2-7,10-11,16H,8-9,12H2,1H3,(H,19,21). The molecule has 0 bridgehead atoms. The van der Waals surface area contributed by atoms with Crippen molar-refractivity contribution >= 4 is 11.7 Å². The summed E-state index contributed by atoms with van der Waals surface area (Å²) in [5, 5.41) is 2.98. The molecule has 1 heterocycles. The molecule has 4 nitrogen and oxygen atoms in total. The first-order valence-electron chi connectivity index (χ1n) is 7.25. The number of carbonyl (C=O) groups is 1. The number of carbonyl (C=O) groups excluding carboxylic acids is 1. The molecule has 1 aromatic carbocycles. The van der Waals surface area contributed by atoms with E-state index < -0.39 is 0 Å². The van der Waals surface area contributed by atoms with Crippen LogP contribution >= 0.6 is 0 Å². The summed E-state index contributed by atoms with van der Waals surface area (Å²) in [5.41, 5.74) is 3.08. The molecular formula is C17H19N3O. The van der Waals surface area contributed by atoms with Gasteiger partial charge in [-0.15, -0.1) is 0 Å². The minimum Gasteiger partial charge on any atom is -0.317 e. The molecule has 0 aliphatic heterocycles. The SMILES string of the molecule is Cc1ccc(NC(=O)N(Cc2cccnc2)C2CC2)cc1.